The fraction of sp³-hybridized carbons (Fsp3) is 0.364. The molecule has 1 atom stereocenters. The number of fused-ring (bicyclic) bond motifs is 1. The van der Waals surface area contributed by atoms with Crippen LogP contribution in [0.5, 0.6) is 0 Å². The Morgan fingerprint density at radius 1 is 1.46 bits per heavy atom. The zero-order valence-electron chi connectivity index (χ0n) is 7.63. The molecule has 0 N–H and O–H groups in total. The standard InChI is InChI=1S/C11H12ClN/c1-2-3-8-7-13-11-5-4-9(12)6-10(8)11/h4-8H,2-3H2,1H3. The molecule has 13 heavy (non-hydrogen) atoms. The van der Waals surface area contributed by atoms with Crippen molar-refractivity contribution < 1.29 is 0 Å². The van der Waals surface area contributed by atoms with Gasteiger partial charge in [-0.3, -0.25) is 4.99 Å². The Bertz CT molecular complexity index is 344. The second-order valence-corrected chi connectivity index (χ2v) is 3.81. The Morgan fingerprint density at radius 3 is 3.08 bits per heavy atom. The van der Waals surface area contributed by atoms with E-state index in [0.717, 1.165) is 17.1 Å². The van der Waals surface area contributed by atoms with Crippen LogP contribution in [0.15, 0.2) is 23.2 Å². The van der Waals surface area contributed by atoms with E-state index in [0.29, 0.717) is 5.92 Å². The van der Waals surface area contributed by atoms with Crippen molar-refractivity contribution in [1.82, 2.24) is 0 Å². The SMILES string of the molecule is CCCC1C=Nc2ccc(Cl)cc21. The number of nitrogens with zero attached hydrogens (tertiary/aromatic N) is 1. The third kappa shape index (κ3) is 1.61. The van der Waals surface area contributed by atoms with E-state index in [9.17, 15) is 0 Å². The lowest BCUT2D eigenvalue weighted by Crippen LogP contribution is -1.94. The molecule has 1 aliphatic heterocycles. The average Bonchev–Trinajstić information content (AvgIpc) is 2.49. The van der Waals surface area contributed by atoms with Crippen LogP contribution < -0.4 is 0 Å². The predicted molar refractivity (Wildman–Crippen MR) is 57.3 cm³/mol. The van der Waals surface area contributed by atoms with Crippen LogP contribution in [0.25, 0.3) is 0 Å². The highest BCUT2D eigenvalue weighted by atomic mass is 35.5. The number of rotatable bonds is 2. The Kier molecular flexibility index (Phi) is 2.36. The van der Waals surface area contributed by atoms with Crippen LogP contribution in [-0.2, 0) is 0 Å². The summed E-state index contributed by atoms with van der Waals surface area (Å²) in [6.07, 6.45) is 4.38. The molecule has 0 saturated heterocycles. The average molecular weight is 194 g/mol. The summed E-state index contributed by atoms with van der Waals surface area (Å²) in [6.45, 7) is 2.19. The van der Waals surface area contributed by atoms with Crippen molar-refractivity contribution in [3.63, 3.8) is 0 Å². The minimum absolute atomic E-state index is 0.485. The summed E-state index contributed by atoms with van der Waals surface area (Å²) in [7, 11) is 0. The molecule has 1 nitrogen and oxygen atoms in total. The number of hydrogen-bond acceptors (Lipinski definition) is 1. The number of hydrogen-bond donors (Lipinski definition) is 0. The van der Waals surface area contributed by atoms with Gasteiger partial charge in [-0.2, -0.15) is 0 Å². The summed E-state index contributed by atoms with van der Waals surface area (Å²) < 4.78 is 0. The van der Waals surface area contributed by atoms with Crippen molar-refractivity contribution in [3.8, 4) is 0 Å². The Hall–Kier alpha value is -0.820. The van der Waals surface area contributed by atoms with Crippen molar-refractivity contribution in [2.45, 2.75) is 25.7 Å². The first kappa shape index (κ1) is 8.76. The van der Waals surface area contributed by atoms with Gasteiger partial charge in [-0.15, -0.1) is 0 Å². The summed E-state index contributed by atoms with van der Waals surface area (Å²) in [6, 6.07) is 5.92. The topological polar surface area (TPSA) is 12.4 Å². The van der Waals surface area contributed by atoms with E-state index >= 15 is 0 Å². The van der Waals surface area contributed by atoms with E-state index in [4.69, 9.17) is 11.6 Å². The molecular weight excluding hydrogens is 182 g/mol. The molecule has 2 heteroatoms. The zero-order chi connectivity index (χ0) is 9.26. The largest absolute Gasteiger partial charge is 0.260 e. The zero-order valence-corrected chi connectivity index (χ0v) is 8.38. The molecular formula is C11H12ClN. The maximum atomic E-state index is 5.93. The van der Waals surface area contributed by atoms with E-state index in [1.165, 1.54) is 12.0 Å². The third-order valence-electron chi connectivity index (χ3n) is 2.38. The normalized spacial score (nSPS) is 19.1. The van der Waals surface area contributed by atoms with Gasteiger partial charge in [-0.25, -0.2) is 0 Å². The molecule has 1 aromatic rings. The van der Waals surface area contributed by atoms with Crippen LogP contribution in [0, 0.1) is 0 Å². The number of aliphatic imine (C=N–C) groups is 1. The maximum absolute atomic E-state index is 5.93. The molecule has 1 aromatic carbocycles. The summed E-state index contributed by atoms with van der Waals surface area (Å²) in [4.78, 5) is 4.36. The van der Waals surface area contributed by atoms with E-state index in [2.05, 4.69) is 11.9 Å². The molecule has 0 aromatic heterocycles. The lowest BCUT2D eigenvalue weighted by molar-refractivity contribution is 0.764. The van der Waals surface area contributed by atoms with Gasteiger partial charge in [0.2, 0.25) is 0 Å². The molecule has 1 aliphatic rings. The van der Waals surface area contributed by atoms with Gasteiger partial charge in [0.05, 0.1) is 5.69 Å². The molecule has 0 spiro atoms. The van der Waals surface area contributed by atoms with Crippen LogP contribution in [0.3, 0.4) is 0 Å². The van der Waals surface area contributed by atoms with Gasteiger partial charge < -0.3 is 0 Å². The minimum Gasteiger partial charge on any atom is -0.260 e. The Morgan fingerprint density at radius 2 is 2.31 bits per heavy atom. The summed E-state index contributed by atoms with van der Waals surface area (Å²) in [5, 5.41) is 0.811. The van der Waals surface area contributed by atoms with Gasteiger partial charge in [0.15, 0.2) is 0 Å². The summed E-state index contributed by atoms with van der Waals surface area (Å²) in [5.41, 5.74) is 2.37. The van der Waals surface area contributed by atoms with Crippen molar-refractivity contribution in [3.05, 3.63) is 28.8 Å². The number of benzene rings is 1. The highest BCUT2D eigenvalue weighted by molar-refractivity contribution is 6.30. The van der Waals surface area contributed by atoms with Crippen molar-refractivity contribution in [1.29, 1.82) is 0 Å². The second-order valence-electron chi connectivity index (χ2n) is 3.38. The monoisotopic (exact) mass is 193 g/mol. The fourth-order valence-corrected chi connectivity index (χ4v) is 1.91. The molecule has 1 unspecified atom stereocenters. The fourth-order valence-electron chi connectivity index (χ4n) is 1.73. The van der Waals surface area contributed by atoms with Gasteiger partial charge in [0, 0.05) is 17.2 Å². The molecule has 0 bridgehead atoms. The molecule has 68 valence electrons. The van der Waals surface area contributed by atoms with Crippen LogP contribution >= 0.6 is 11.6 Å². The first-order chi connectivity index (χ1) is 6.31. The lowest BCUT2D eigenvalue weighted by atomic mass is 9.97. The van der Waals surface area contributed by atoms with Gasteiger partial charge in [-0.1, -0.05) is 24.9 Å². The molecule has 1 heterocycles. The van der Waals surface area contributed by atoms with Gasteiger partial charge >= 0.3 is 0 Å². The van der Waals surface area contributed by atoms with E-state index in [-0.39, 0.29) is 0 Å². The van der Waals surface area contributed by atoms with Crippen molar-refractivity contribution in [2.24, 2.45) is 4.99 Å². The van der Waals surface area contributed by atoms with Crippen molar-refractivity contribution >= 4 is 23.5 Å². The first-order valence-electron chi connectivity index (χ1n) is 4.65. The minimum atomic E-state index is 0.485. The quantitative estimate of drug-likeness (QED) is 0.675. The summed E-state index contributed by atoms with van der Waals surface area (Å²) >= 11 is 5.93. The van der Waals surface area contributed by atoms with Crippen LogP contribution in [0.2, 0.25) is 5.02 Å². The van der Waals surface area contributed by atoms with Gasteiger partial charge in [-0.05, 0) is 30.2 Å². The van der Waals surface area contributed by atoms with Crippen molar-refractivity contribution in [2.75, 3.05) is 0 Å². The summed E-state index contributed by atoms with van der Waals surface area (Å²) in [5.74, 6) is 0.485. The highest BCUT2D eigenvalue weighted by Crippen LogP contribution is 2.36. The molecule has 0 amide bonds. The first-order valence-corrected chi connectivity index (χ1v) is 5.02. The Balaban J connectivity index is 2.34. The molecule has 0 radical (unpaired) electrons. The van der Waals surface area contributed by atoms with E-state index in [1.54, 1.807) is 0 Å². The highest BCUT2D eigenvalue weighted by Gasteiger charge is 2.17. The van der Waals surface area contributed by atoms with Crippen LogP contribution in [0.1, 0.15) is 31.2 Å². The van der Waals surface area contributed by atoms with E-state index < -0.39 is 0 Å². The van der Waals surface area contributed by atoms with Gasteiger partial charge in [0.1, 0.15) is 0 Å². The predicted octanol–water partition coefficient (Wildman–Crippen LogP) is 3.94. The van der Waals surface area contributed by atoms with Gasteiger partial charge in [0.25, 0.3) is 0 Å². The number of halogens is 1. The maximum Gasteiger partial charge on any atom is 0.0665 e. The van der Waals surface area contributed by atoms with Crippen LogP contribution in [0.4, 0.5) is 5.69 Å². The van der Waals surface area contributed by atoms with E-state index in [1.807, 2.05) is 24.4 Å². The molecule has 2 rings (SSSR count). The third-order valence-corrected chi connectivity index (χ3v) is 2.62. The molecule has 0 aliphatic carbocycles. The molecule has 0 fully saturated rings. The lowest BCUT2D eigenvalue weighted by Gasteiger charge is -2.07. The molecule has 0 saturated carbocycles. The second kappa shape index (κ2) is 3.51. The Labute approximate surface area is 83.4 Å². The van der Waals surface area contributed by atoms with Crippen LogP contribution in [-0.4, -0.2) is 6.21 Å². The smallest absolute Gasteiger partial charge is 0.0665 e.